The molecule has 1 saturated heterocycles. The van der Waals surface area contributed by atoms with Gasteiger partial charge in [0.25, 0.3) is 0 Å². The minimum Gasteiger partial charge on any atom is -0.493 e. The number of ether oxygens (including phenoxy) is 3. The van der Waals surface area contributed by atoms with E-state index < -0.39 is 0 Å². The van der Waals surface area contributed by atoms with Gasteiger partial charge >= 0.3 is 0 Å². The van der Waals surface area contributed by atoms with Crippen molar-refractivity contribution in [2.75, 3.05) is 31.8 Å². The second kappa shape index (κ2) is 6.59. The lowest BCUT2D eigenvalue weighted by atomic mass is 10.1. The Kier molecular flexibility index (Phi) is 4.58. The highest BCUT2D eigenvalue weighted by Crippen LogP contribution is 2.40. The number of methoxy groups -OCH3 is 1. The topological polar surface area (TPSA) is 39.7 Å². The maximum atomic E-state index is 5.66. The smallest absolute Gasteiger partial charge is 0.203 e. The van der Waals surface area contributed by atoms with E-state index in [0.717, 1.165) is 23.8 Å². The van der Waals surface area contributed by atoms with Crippen molar-refractivity contribution >= 4 is 11.8 Å². The maximum absolute atomic E-state index is 5.66. The minimum absolute atomic E-state index is 0.584. The zero-order valence-corrected chi connectivity index (χ0v) is 12.6. The van der Waals surface area contributed by atoms with Gasteiger partial charge in [0.2, 0.25) is 5.75 Å². The lowest BCUT2D eigenvalue weighted by Crippen LogP contribution is -2.33. The number of hydrogen-bond acceptors (Lipinski definition) is 5. The second-order valence-corrected chi connectivity index (χ2v) is 6.27. The first kappa shape index (κ1) is 13.9. The van der Waals surface area contributed by atoms with E-state index in [2.05, 4.69) is 11.4 Å². The van der Waals surface area contributed by atoms with Gasteiger partial charge in [0.15, 0.2) is 11.5 Å². The summed E-state index contributed by atoms with van der Waals surface area (Å²) >= 11 is 2.04. The van der Waals surface area contributed by atoms with Gasteiger partial charge in [-0.05, 0) is 36.3 Å². The highest BCUT2D eigenvalue weighted by molar-refractivity contribution is 7.99. The third kappa shape index (κ3) is 3.15. The molecule has 0 spiro atoms. The number of benzene rings is 1. The van der Waals surface area contributed by atoms with E-state index in [1.807, 2.05) is 17.8 Å². The van der Waals surface area contributed by atoms with Crippen LogP contribution in [0.3, 0.4) is 0 Å². The van der Waals surface area contributed by atoms with Crippen molar-refractivity contribution in [3.05, 3.63) is 17.7 Å². The summed E-state index contributed by atoms with van der Waals surface area (Å²) in [7, 11) is 1.67. The Hall–Kier alpha value is -1.07. The van der Waals surface area contributed by atoms with Crippen LogP contribution in [0, 0.1) is 0 Å². The van der Waals surface area contributed by atoms with Crippen molar-refractivity contribution in [3.63, 3.8) is 0 Å². The van der Waals surface area contributed by atoms with E-state index in [9.17, 15) is 0 Å². The lowest BCUT2D eigenvalue weighted by molar-refractivity contribution is 0.165. The molecule has 1 fully saturated rings. The van der Waals surface area contributed by atoms with Crippen LogP contribution in [0.25, 0.3) is 0 Å². The molecular weight excluding hydrogens is 274 g/mol. The Balaban J connectivity index is 1.69. The first-order valence-corrected chi connectivity index (χ1v) is 8.30. The van der Waals surface area contributed by atoms with E-state index in [-0.39, 0.29) is 0 Å². The molecule has 0 bridgehead atoms. The average molecular weight is 295 g/mol. The molecule has 0 aliphatic carbocycles. The number of thioether (sulfide) groups is 1. The summed E-state index contributed by atoms with van der Waals surface area (Å²) in [5, 5.41) is 3.62. The molecule has 0 aromatic heterocycles. The number of fused-ring (bicyclic) bond motifs is 1. The molecule has 3 rings (SSSR count). The molecule has 0 amide bonds. The molecule has 2 aliphatic heterocycles. The average Bonchev–Trinajstić information content (AvgIpc) is 2.53. The Bertz CT molecular complexity index is 443. The molecule has 110 valence electrons. The van der Waals surface area contributed by atoms with Crippen molar-refractivity contribution < 1.29 is 14.2 Å². The molecule has 1 unspecified atom stereocenters. The summed E-state index contributed by atoms with van der Waals surface area (Å²) in [4.78, 5) is 0. The van der Waals surface area contributed by atoms with Crippen LogP contribution in [0.1, 0.15) is 18.4 Å². The summed E-state index contributed by atoms with van der Waals surface area (Å²) < 4.78 is 16.7. The molecule has 2 aliphatic rings. The molecule has 1 N–H and O–H groups in total. The van der Waals surface area contributed by atoms with Gasteiger partial charge in [-0.15, -0.1) is 0 Å². The van der Waals surface area contributed by atoms with Gasteiger partial charge < -0.3 is 19.5 Å². The van der Waals surface area contributed by atoms with Crippen molar-refractivity contribution in [1.82, 2.24) is 5.32 Å². The van der Waals surface area contributed by atoms with Crippen LogP contribution in [0.2, 0.25) is 0 Å². The van der Waals surface area contributed by atoms with Gasteiger partial charge in [-0.3, -0.25) is 0 Å². The quantitative estimate of drug-likeness (QED) is 0.924. The predicted octanol–water partition coefficient (Wildman–Crippen LogP) is 2.45. The third-order valence-corrected chi connectivity index (χ3v) is 4.86. The van der Waals surface area contributed by atoms with E-state index >= 15 is 0 Å². The van der Waals surface area contributed by atoms with E-state index in [4.69, 9.17) is 14.2 Å². The highest BCUT2D eigenvalue weighted by atomic mass is 32.2. The summed E-state index contributed by atoms with van der Waals surface area (Å²) in [5.74, 6) is 4.80. The minimum atomic E-state index is 0.584. The summed E-state index contributed by atoms with van der Waals surface area (Å²) in [6.45, 7) is 2.03. The number of hydrogen-bond donors (Lipinski definition) is 1. The summed E-state index contributed by atoms with van der Waals surface area (Å²) in [6.07, 6.45) is 2.58. The lowest BCUT2D eigenvalue weighted by Gasteiger charge is -2.24. The Labute approximate surface area is 124 Å². The van der Waals surface area contributed by atoms with Crippen LogP contribution < -0.4 is 19.5 Å². The van der Waals surface area contributed by atoms with Crippen LogP contribution in [0.15, 0.2) is 12.1 Å². The van der Waals surface area contributed by atoms with E-state index in [0.29, 0.717) is 19.3 Å². The van der Waals surface area contributed by atoms with Crippen LogP contribution in [0.4, 0.5) is 0 Å². The van der Waals surface area contributed by atoms with Gasteiger partial charge in [0.1, 0.15) is 13.2 Å². The fourth-order valence-electron chi connectivity index (χ4n) is 2.59. The van der Waals surface area contributed by atoms with Crippen LogP contribution >= 0.6 is 11.8 Å². The first-order valence-electron chi connectivity index (χ1n) is 7.14. The number of rotatable bonds is 4. The summed E-state index contributed by atoms with van der Waals surface area (Å²) in [5.41, 5.74) is 1.18. The largest absolute Gasteiger partial charge is 0.493 e. The Morgan fingerprint density at radius 1 is 1.35 bits per heavy atom. The molecular formula is C15H21NO3S. The molecule has 5 heteroatoms. The molecule has 0 radical (unpaired) electrons. The van der Waals surface area contributed by atoms with Crippen LogP contribution in [-0.4, -0.2) is 37.9 Å². The van der Waals surface area contributed by atoms with Gasteiger partial charge in [-0.2, -0.15) is 11.8 Å². The SMILES string of the molecule is COc1cc(CNC2CCCSC2)cc2c1OCCO2. The fraction of sp³-hybridized carbons (Fsp3) is 0.600. The molecule has 20 heavy (non-hydrogen) atoms. The molecule has 2 heterocycles. The van der Waals surface area contributed by atoms with Gasteiger partial charge in [-0.1, -0.05) is 0 Å². The Morgan fingerprint density at radius 3 is 3.05 bits per heavy atom. The molecule has 4 nitrogen and oxygen atoms in total. The van der Waals surface area contributed by atoms with Gasteiger partial charge in [-0.25, -0.2) is 0 Å². The maximum Gasteiger partial charge on any atom is 0.203 e. The summed E-state index contributed by atoms with van der Waals surface area (Å²) in [6, 6.07) is 4.71. The second-order valence-electron chi connectivity index (χ2n) is 5.12. The highest BCUT2D eigenvalue weighted by Gasteiger charge is 2.19. The zero-order chi connectivity index (χ0) is 13.8. The van der Waals surface area contributed by atoms with Crippen molar-refractivity contribution in [3.8, 4) is 17.2 Å². The predicted molar refractivity (Wildman–Crippen MR) is 81.2 cm³/mol. The van der Waals surface area contributed by atoms with Crippen LogP contribution in [0.5, 0.6) is 17.2 Å². The molecule has 1 aromatic rings. The third-order valence-electron chi connectivity index (χ3n) is 3.64. The van der Waals surface area contributed by atoms with E-state index in [1.54, 1.807) is 7.11 Å². The Morgan fingerprint density at radius 2 is 2.25 bits per heavy atom. The van der Waals surface area contributed by atoms with Crippen molar-refractivity contribution in [2.45, 2.75) is 25.4 Å². The monoisotopic (exact) mass is 295 g/mol. The number of nitrogens with one attached hydrogen (secondary N) is 1. The normalized spacial score (nSPS) is 21.6. The van der Waals surface area contributed by atoms with Gasteiger partial charge in [0.05, 0.1) is 7.11 Å². The fourth-order valence-corrected chi connectivity index (χ4v) is 3.70. The molecule has 1 aromatic carbocycles. The van der Waals surface area contributed by atoms with E-state index in [1.165, 1.54) is 29.9 Å². The van der Waals surface area contributed by atoms with Crippen molar-refractivity contribution in [2.24, 2.45) is 0 Å². The van der Waals surface area contributed by atoms with Gasteiger partial charge in [0, 0.05) is 18.3 Å². The standard InChI is InChI=1S/C15H21NO3S/c1-17-13-7-11(8-14-15(13)19-5-4-18-14)9-16-12-3-2-6-20-10-12/h7-8,12,16H,2-6,9-10H2,1H3. The zero-order valence-electron chi connectivity index (χ0n) is 11.8. The van der Waals surface area contributed by atoms with Crippen molar-refractivity contribution in [1.29, 1.82) is 0 Å². The van der Waals surface area contributed by atoms with Crippen LogP contribution in [-0.2, 0) is 6.54 Å². The first-order chi connectivity index (χ1) is 9.86. The molecule has 0 saturated carbocycles. The molecule has 1 atom stereocenters.